The third kappa shape index (κ3) is 4.15. The van der Waals surface area contributed by atoms with E-state index < -0.39 is 53.5 Å². The summed E-state index contributed by atoms with van der Waals surface area (Å²) in [6.45, 7) is 3.12. The molecule has 13 heteroatoms. The zero-order valence-corrected chi connectivity index (χ0v) is 20.8. The summed E-state index contributed by atoms with van der Waals surface area (Å²) in [6.07, 6.45) is 0.964. The molecule has 2 aliphatic rings. The van der Waals surface area contributed by atoms with Crippen LogP contribution < -0.4 is 10.6 Å². The molecular formula is C25H24F4N6O3. The average molecular weight is 532 g/mol. The van der Waals surface area contributed by atoms with E-state index in [-0.39, 0.29) is 33.8 Å². The number of amides is 2. The molecular weight excluding hydrogens is 508 g/mol. The molecule has 200 valence electrons. The summed E-state index contributed by atoms with van der Waals surface area (Å²) in [5.74, 6) is -7.49. The van der Waals surface area contributed by atoms with Crippen LogP contribution in [0.1, 0.15) is 62.6 Å². The van der Waals surface area contributed by atoms with Gasteiger partial charge in [-0.25, -0.2) is 17.6 Å². The molecule has 0 spiro atoms. The largest absolute Gasteiger partial charge is 0.341 e. The third-order valence-electron chi connectivity index (χ3n) is 7.16. The highest BCUT2D eigenvalue weighted by molar-refractivity contribution is 6.43. The SMILES string of the molecule is Cc1c(F)cc(NC(=O)c2c(C)c(C(=O)C(=O)NC3(c4cn(C)nn4)CC(F)(F)C3)n3c2CCC3)cc1F. The molecule has 2 amide bonds. The zero-order valence-electron chi connectivity index (χ0n) is 20.8. The van der Waals surface area contributed by atoms with Crippen molar-refractivity contribution in [2.45, 2.75) is 57.5 Å². The number of aromatic nitrogens is 4. The lowest BCUT2D eigenvalue weighted by molar-refractivity contribution is -0.148. The molecule has 38 heavy (non-hydrogen) atoms. The Hall–Kier alpha value is -4.03. The van der Waals surface area contributed by atoms with Crippen LogP contribution in [-0.2, 0) is 30.3 Å². The van der Waals surface area contributed by atoms with Crippen LogP contribution in [0.3, 0.4) is 0 Å². The Balaban J connectivity index is 1.44. The Morgan fingerprint density at radius 1 is 1.05 bits per heavy atom. The maximum absolute atomic E-state index is 14.0. The van der Waals surface area contributed by atoms with Crippen molar-refractivity contribution in [3.05, 3.63) is 63.7 Å². The van der Waals surface area contributed by atoms with E-state index in [1.807, 2.05) is 0 Å². The Morgan fingerprint density at radius 3 is 2.29 bits per heavy atom. The van der Waals surface area contributed by atoms with Gasteiger partial charge in [-0.05, 0) is 44.4 Å². The number of halogens is 4. The molecule has 2 N–H and O–H groups in total. The van der Waals surface area contributed by atoms with Gasteiger partial charge < -0.3 is 15.2 Å². The van der Waals surface area contributed by atoms with Crippen molar-refractivity contribution < 1.29 is 31.9 Å². The molecule has 3 aromatic rings. The van der Waals surface area contributed by atoms with Crippen molar-refractivity contribution in [3.63, 3.8) is 0 Å². The van der Waals surface area contributed by atoms with Crippen LogP contribution in [0, 0.1) is 25.5 Å². The first-order valence-corrected chi connectivity index (χ1v) is 11.9. The summed E-state index contributed by atoms with van der Waals surface area (Å²) in [5.41, 5.74) is -0.941. The molecule has 9 nitrogen and oxygen atoms in total. The van der Waals surface area contributed by atoms with E-state index in [1.54, 1.807) is 11.6 Å². The van der Waals surface area contributed by atoms with Crippen molar-refractivity contribution in [2.75, 3.05) is 5.32 Å². The number of fused-ring (bicyclic) bond motifs is 1. The number of Topliss-reactive ketones (excluding diaryl/α,β-unsaturated/α-hetero) is 1. The summed E-state index contributed by atoms with van der Waals surface area (Å²) in [7, 11) is 1.55. The third-order valence-corrected chi connectivity index (χ3v) is 7.16. The van der Waals surface area contributed by atoms with Gasteiger partial charge >= 0.3 is 0 Å². The number of hydrogen-bond acceptors (Lipinski definition) is 5. The van der Waals surface area contributed by atoms with Gasteiger partial charge in [0.05, 0.1) is 23.0 Å². The minimum absolute atomic E-state index is 0.0400. The molecule has 2 aromatic heterocycles. The molecule has 0 radical (unpaired) electrons. The van der Waals surface area contributed by atoms with Gasteiger partial charge in [0, 0.05) is 43.4 Å². The summed E-state index contributed by atoms with van der Waals surface area (Å²) >= 11 is 0. The molecule has 3 heterocycles. The van der Waals surface area contributed by atoms with Gasteiger partial charge in [-0.3, -0.25) is 19.1 Å². The normalized spacial score (nSPS) is 17.0. The molecule has 1 aliphatic carbocycles. The fraction of sp³-hybridized carbons (Fsp3) is 0.400. The van der Waals surface area contributed by atoms with Gasteiger partial charge in [0.1, 0.15) is 17.3 Å². The van der Waals surface area contributed by atoms with Crippen LogP contribution in [0.5, 0.6) is 0 Å². The van der Waals surface area contributed by atoms with Crippen LogP contribution in [0.4, 0.5) is 23.2 Å². The first-order valence-electron chi connectivity index (χ1n) is 11.9. The van der Waals surface area contributed by atoms with Gasteiger partial charge in [0.15, 0.2) is 0 Å². The maximum Gasteiger partial charge on any atom is 0.294 e. The second kappa shape index (κ2) is 8.77. The fourth-order valence-corrected chi connectivity index (χ4v) is 5.34. The second-order valence-corrected chi connectivity index (χ2v) is 9.92. The van der Waals surface area contributed by atoms with Gasteiger partial charge in [-0.15, -0.1) is 5.10 Å². The number of carbonyl (C=O) groups is 3. The quantitative estimate of drug-likeness (QED) is 0.288. The van der Waals surface area contributed by atoms with Gasteiger partial charge in [0.25, 0.3) is 23.5 Å². The van der Waals surface area contributed by atoms with Crippen molar-refractivity contribution in [3.8, 4) is 0 Å². The van der Waals surface area contributed by atoms with E-state index in [0.29, 0.717) is 25.1 Å². The van der Waals surface area contributed by atoms with Crippen LogP contribution in [0.15, 0.2) is 18.3 Å². The van der Waals surface area contributed by atoms with Crippen molar-refractivity contribution in [1.29, 1.82) is 0 Å². The van der Waals surface area contributed by atoms with E-state index in [1.165, 1.54) is 24.7 Å². The van der Waals surface area contributed by atoms with Crippen LogP contribution >= 0.6 is 0 Å². The van der Waals surface area contributed by atoms with Gasteiger partial charge in [0.2, 0.25) is 0 Å². The van der Waals surface area contributed by atoms with Crippen molar-refractivity contribution in [2.24, 2.45) is 7.05 Å². The summed E-state index contributed by atoms with van der Waals surface area (Å²) in [4.78, 5) is 39.7. The number of ketones is 1. The number of nitrogens with zero attached hydrogens (tertiary/aromatic N) is 4. The second-order valence-electron chi connectivity index (χ2n) is 9.92. The molecule has 1 fully saturated rings. The fourth-order valence-electron chi connectivity index (χ4n) is 5.34. The number of alkyl halides is 2. The summed E-state index contributed by atoms with van der Waals surface area (Å²) in [6, 6.07) is 1.98. The minimum atomic E-state index is -3.04. The predicted molar refractivity (Wildman–Crippen MR) is 126 cm³/mol. The zero-order chi connectivity index (χ0) is 27.6. The van der Waals surface area contributed by atoms with Crippen molar-refractivity contribution >= 4 is 23.3 Å². The minimum Gasteiger partial charge on any atom is -0.341 e. The molecule has 0 atom stereocenters. The summed E-state index contributed by atoms with van der Waals surface area (Å²) < 4.78 is 58.7. The Bertz CT molecular complexity index is 1480. The first-order chi connectivity index (χ1) is 17.8. The van der Waals surface area contributed by atoms with E-state index in [0.717, 1.165) is 12.1 Å². The van der Waals surface area contributed by atoms with Crippen molar-refractivity contribution in [1.82, 2.24) is 24.9 Å². The number of carbonyl (C=O) groups excluding carboxylic acids is 3. The highest BCUT2D eigenvalue weighted by atomic mass is 19.3. The Morgan fingerprint density at radius 2 is 1.71 bits per heavy atom. The lowest BCUT2D eigenvalue weighted by atomic mass is 9.71. The summed E-state index contributed by atoms with van der Waals surface area (Å²) in [5, 5.41) is 12.5. The topological polar surface area (TPSA) is 111 Å². The molecule has 1 saturated carbocycles. The van der Waals surface area contributed by atoms with E-state index in [2.05, 4.69) is 20.9 Å². The van der Waals surface area contributed by atoms with E-state index in [4.69, 9.17) is 0 Å². The molecule has 0 unspecified atom stereocenters. The number of benzene rings is 1. The molecule has 5 rings (SSSR count). The lowest BCUT2D eigenvalue weighted by Gasteiger charge is -2.46. The highest BCUT2D eigenvalue weighted by Gasteiger charge is 2.60. The number of hydrogen-bond donors (Lipinski definition) is 2. The lowest BCUT2D eigenvalue weighted by Crippen LogP contribution is -2.61. The van der Waals surface area contributed by atoms with Crippen LogP contribution in [-0.4, -0.2) is 43.1 Å². The number of nitrogens with one attached hydrogen (secondary N) is 2. The first kappa shape index (κ1) is 25.6. The monoisotopic (exact) mass is 532 g/mol. The van der Waals surface area contributed by atoms with Crippen LogP contribution in [0.25, 0.3) is 0 Å². The Labute approximate surface area is 214 Å². The van der Waals surface area contributed by atoms with Gasteiger partial charge in [-0.1, -0.05) is 5.21 Å². The number of anilines is 1. The maximum atomic E-state index is 14.0. The highest BCUT2D eigenvalue weighted by Crippen LogP contribution is 2.51. The molecule has 0 saturated heterocycles. The van der Waals surface area contributed by atoms with E-state index >= 15 is 0 Å². The van der Waals surface area contributed by atoms with Gasteiger partial charge in [-0.2, -0.15) is 0 Å². The smallest absolute Gasteiger partial charge is 0.294 e. The number of aryl methyl sites for hydroxylation is 1. The molecule has 1 aliphatic heterocycles. The Kier molecular flexibility index (Phi) is 5.91. The molecule has 0 bridgehead atoms. The average Bonchev–Trinajstić information content (AvgIpc) is 3.51. The standard InChI is InChI=1S/C25H24F4N6O3/c1-12-15(26)7-14(8-16(12)27)30-22(37)19-13(2)20(35-6-4-5-17(19)35)21(36)23(38)31-24(10-25(28,29)11-24)18-9-34(3)33-32-18/h7-9H,4-6,10-11H2,1-3H3,(H,30,37)(H,31,38). The molecule has 1 aromatic carbocycles. The van der Waals surface area contributed by atoms with Crippen LogP contribution in [0.2, 0.25) is 0 Å². The van der Waals surface area contributed by atoms with E-state index in [9.17, 15) is 31.9 Å². The predicted octanol–water partition coefficient (Wildman–Crippen LogP) is 3.33. The number of rotatable bonds is 6.